The molecule has 1 fully saturated rings. The average molecular weight is 509 g/mol. The van der Waals surface area contributed by atoms with Crippen LogP contribution in [-0.4, -0.2) is 46.2 Å². The minimum Gasteiger partial charge on any atom is -0.473 e. The molecule has 0 saturated heterocycles. The van der Waals surface area contributed by atoms with Gasteiger partial charge >= 0.3 is 0 Å². The van der Waals surface area contributed by atoms with Crippen LogP contribution in [0.1, 0.15) is 35.7 Å². The molecular formula is C22H22ClFN4O5S. The molecule has 0 bridgehead atoms. The number of pyridine rings is 1. The quantitative estimate of drug-likeness (QED) is 0.496. The van der Waals surface area contributed by atoms with Gasteiger partial charge in [0.2, 0.25) is 0 Å². The molecule has 1 aliphatic carbocycles. The van der Waals surface area contributed by atoms with Crippen molar-refractivity contribution < 1.29 is 22.3 Å². The number of halogens is 2. The van der Waals surface area contributed by atoms with Crippen molar-refractivity contribution in [1.29, 1.82) is 0 Å². The highest BCUT2D eigenvalue weighted by Crippen LogP contribution is 2.44. The highest BCUT2D eigenvalue weighted by atomic mass is 35.5. The number of aryl methyl sites for hydroxylation is 1. The van der Waals surface area contributed by atoms with Gasteiger partial charge in [0.05, 0.1) is 11.2 Å². The fraction of sp³-hybridized carbons (Fsp3) is 0.364. The van der Waals surface area contributed by atoms with Gasteiger partial charge in [-0.25, -0.2) is 12.8 Å². The van der Waals surface area contributed by atoms with Crippen molar-refractivity contribution in [2.45, 2.75) is 31.1 Å². The van der Waals surface area contributed by atoms with E-state index in [-0.39, 0.29) is 35.4 Å². The van der Waals surface area contributed by atoms with Crippen LogP contribution in [0.4, 0.5) is 4.39 Å². The summed E-state index contributed by atoms with van der Waals surface area (Å²) in [5.74, 6) is -1.24. The molecule has 3 aromatic rings. The fourth-order valence-electron chi connectivity index (χ4n) is 3.70. The number of ether oxygens (including phenoxy) is 1. The summed E-state index contributed by atoms with van der Waals surface area (Å²) in [6.45, 7) is 1.49. The Balaban J connectivity index is 1.59. The maximum atomic E-state index is 13.6. The van der Waals surface area contributed by atoms with Crippen LogP contribution in [0.3, 0.4) is 0 Å². The van der Waals surface area contributed by atoms with E-state index in [1.165, 1.54) is 36.0 Å². The highest BCUT2D eigenvalue weighted by molar-refractivity contribution is 7.93. The van der Waals surface area contributed by atoms with Crippen molar-refractivity contribution in [3.05, 3.63) is 62.8 Å². The number of nitrogens with zero attached hydrogens (tertiary/aromatic N) is 3. The number of amides is 1. The minimum absolute atomic E-state index is 0.00887. The third kappa shape index (κ3) is 4.37. The standard InChI is InChI=1S/C22H22ClFN4O5S/c1-3-34(31,32)22(6-7-22)12-33-20-18-14(11-26-27-20)9-15(21(30)28(18)2)19(29)25-10-13-4-5-16(23)17(24)8-13/h4-5,8-9,11H,3,6-7,10,12H2,1-2H3,(H,25,29). The molecule has 2 aromatic heterocycles. The molecule has 0 atom stereocenters. The predicted molar refractivity (Wildman–Crippen MR) is 124 cm³/mol. The summed E-state index contributed by atoms with van der Waals surface area (Å²) in [4.78, 5) is 25.6. The largest absolute Gasteiger partial charge is 0.473 e. The number of fused-ring (bicyclic) bond motifs is 1. The number of carbonyl (C=O) groups excluding carboxylic acids is 1. The fourth-order valence-corrected chi connectivity index (χ4v) is 5.39. The number of benzene rings is 1. The first-order valence-corrected chi connectivity index (χ1v) is 12.5. The molecule has 0 unspecified atom stereocenters. The van der Waals surface area contributed by atoms with E-state index in [1.807, 2.05) is 0 Å². The number of hydrogen-bond donors (Lipinski definition) is 1. The second kappa shape index (κ2) is 8.95. The summed E-state index contributed by atoms with van der Waals surface area (Å²) < 4.78 is 44.4. The molecule has 1 aliphatic rings. The Morgan fingerprint density at radius 2 is 2.06 bits per heavy atom. The maximum Gasteiger partial charge on any atom is 0.263 e. The van der Waals surface area contributed by atoms with E-state index in [1.54, 1.807) is 13.0 Å². The van der Waals surface area contributed by atoms with Gasteiger partial charge in [0, 0.05) is 24.7 Å². The molecule has 4 rings (SSSR count). The first-order valence-electron chi connectivity index (χ1n) is 10.5. The van der Waals surface area contributed by atoms with Gasteiger partial charge in [-0.05, 0) is 36.6 Å². The monoisotopic (exact) mass is 508 g/mol. The van der Waals surface area contributed by atoms with Crippen LogP contribution in [0, 0.1) is 5.82 Å². The van der Waals surface area contributed by atoms with E-state index < -0.39 is 31.9 Å². The molecule has 180 valence electrons. The lowest BCUT2D eigenvalue weighted by molar-refractivity contribution is 0.0949. The Bertz CT molecular complexity index is 1450. The minimum atomic E-state index is -3.31. The first-order chi connectivity index (χ1) is 16.1. The van der Waals surface area contributed by atoms with Gasteiger partial charge in [-0.2, -0.15) is 5.10 Å². The second-order valence-corrected chi connectivity index (χ2v) is 11.3. The van der Waals surface area contributed by atoms with E-state index in [0.29, 0.717) is 29.3 Å². The molecule has 1 saturated carbocycles. The van der Waals surface area contributed by atoms with Gasteiger partial charge < -0.3 is 14.6 Å². The van der Waals surface area contributed by atoms with Crippen LogP contribution in [-0.2, 0) is 23.4 Å². The third-order valence-corrected chi connectivity index (χ3v) is 8.90. The van der Waals surface area contributed by atoms with Crippen LogP contribution in [0.2, 0.25) is 5.02 Å². The van der Waals surface area contributed by atoms with Gasteiger partial charge in [0.15, 0.2) is 9.84 Å². The van der Waals surface area contributed by atoms with Crippen LogP contribution in [0.15, 0.2) is 35.3 Å². The summed E-state index contributed by atoms with van der Waals surface area (Å²) in [5.41, 5.74) is 0.0227. The molecule has 12 heteroatoms. The first kappa shape index (κ1) is 24.1. The van der Waals surface area contributed by atoms with Gasteiger partial charge in [-0.15, -0.1) is 5.10 Å². The zero-order valence-electron chi connectivity index (χ0n) is 18.5. The summed E-state index contributed by atoms with van der Waals surface area (Å²) in [7, 11) is -1.85. The summed E-state index contributed by atoms with van der Waals surface area (Å²) in [6, 6.07) is 5.51. The van der Waals surface area contributed by atoms with Crippen molar-refractivity contribution in [2.24, 2.45) is 7.05 Å². The normalized spacial score (nSPS) is 14.7. The van der Waals surface area contributed by atoms with Crippen molar-refractivity contribution >= 4 is 38.2 Å². The number of sulfone groups is 1. The van der Waals surface area contributed by atoms with Gasteiger partial charge in [-0.3, -0.25) is 9.59 Å². The lowest BCUT2D eigenvalue weighted by Crippen LogP contribution is -2.33. The molecule has 2 heterocycles. The third-order valence-electron chi connectivity index (χ3n) is 5.99. The molecule has 0 spiro atoms. The Kier molecular flexibility index (Phi) is 6.34. The smallest absolute Gasteiger partial charge is 0.263 e. The van der Waals surface area contributed by atoms with Crippen molar-refractivity contribution in [2.75, 3.05) is 12.4 Å². The number of rotatable bonds is 8. The van der Waals surface area contributed by atoms with Crippen LogP contribution in [0.5, 0.6) is 5.88 Å². The number of carbonyl (C=O) groups is 1. The molecule has 0 aliphatic heterocycles. The molecule has 9 nitrogen and oxygen atoms in total. The number of aromatic nitrogens is 3. The lowest BCUT2D eigenvalue weighted by atomic mass is 10.1. The van der Waals surface area contributed by atoms with Gasteiger partial charge in [0.1, 0.15) is 28.3 Å². The topological polar surface area (TPSA) is 120 Å². The maximum absolute atomic E-state index is 13.6. The van der Waals surface area contributed by atoms with E-state index in [4.69, 9.17) is 16.3 Å². The second-order valence-electron chi connectivity index (χ2n) is 8.18. The zero-order valence-corrected chi connectivity index (χ0v) is 20.0. The summed E-state index contributed by atoms with van der Waals surface area (Å²) in [6.07, 6.45) is 2.38. The number of hydrogen-bond acceptors (Lipinski definition) is 7. The summed E-state index contributed by atoms with van der Waals surface area (Å²) in [5, 5.41) is 10.8. The average Bonchev–Trinajstić information content (AvgIpc) is 3.62. The Hall–Kier alpha value is -3.05. The molecule has 1 N–H and O–H groups in total. The van der Waals surface area contributed by atoms with Crippen molar-refractivity contribution in [3.63, 3.8) is 0 Å². The molecular weight excluding hydrogens is 487 g/mol. The van der Waals surface area contributed by atoms with Crippen molar-refractivity contribution in [1.82, 2.24) is 20.1 Å². The SMILES string of the molecule is CCS(=O)(=O)C1(COc2nncc3cc(C(=O)NCc4ccc(Cl)c(F)c4)c(=O)n(C)c23)CC1. The Morgan fingerprint density at radius 1 is 1.32 bits per heavy atom. The van der Waals surface area contributed by atoms with E-state index in [0.717, 1.165) is 0 Å². The van der Waals surface area contributed by atoms with Crippen LogP contribution < -0.4 is 15.6 Å². The molecule has 1 aromatic carbocycles. The van der Waals surface area contributed by atoms with Crippen LogP contribution in [0.25, 0.3) is 10.9 Å². The highest BCUT2D eigenvalue weighted by Gasteiger charge is 2.54. The Morgan fingerprint density at radius 3 is 2.71 bits per heavy atom. The molecule has 0 radical (unpaired) electrons. The Labute approximate surface area is 199 Å². The van der Waals surface area contributed by atoms with Gasteiger partial charge in [-0.1, -0.05) is 24.6 Å². The van der Waals surface area contributed by atoms with Crippen LogP contribution >= 0.6 is 11.6 Å². The lowest BCUT2D eigenvalue weighted by Gasteiger charge is -2.17. The van der Waals surface area contributed by atoms with E-state index in [9.17, 15) is 22.4 Å². The van der Waals surface area contributed by atoms with Crippen molar-refractivity contribution in [3.8, 4) is 5.88 Å². The molecule has 34 heavy (non-hydrogen) atoms. The number of nitrogens with one attached hydrogen (secondary N) is 1. The zero-order chi connectivity index (χ0) is 24.7. The van der Waals surface area contributed by atoms with E-state index >= 15 is 0 Å². The summed E-state index contributed by atoms with van der Waals surface area (Å²) >= 11 is 5.67. The van der Waals surface area contributed by atoms with E-state index in [2.05, 4.69) is 15.5 Å². The predicted octanol–water partition coefficient (Wildman–Crippen LogP) is 2.40. The van der Waals surface area contributed by atoms with Gasteiger partial charge in [0.25, 0.3) is 17.3 Å². The molecule has 1 amide bonds.